The molecule has 0 bridgehead atoms. The minimum absolute atomic E-state index is 0.00924. The first-order valence-electron chi connectivity index (χ1n) is 6.67. The van der Waals surface area contributed by atoms with Gasteiger partial charge >= 0.3 is 0 Å². The van der Waals surface area contributed by atoms with E-state index in [1.807, 2.05) is 0 Å². The molecule has 2 heterocycles. The molecule has 3 rings (SSSR count). The third-order valence-corrected chi connectivity index (χ3v) is 4.04. The lowest BCUT2D eigenvalue weighted by Gasteiger charge is -1.99. The Labute approximate surface area is 134 Å². The molecule has 23 heavy (non-hydrogen) atoms. The fourth-order valence-electron chi connectivity index (χ4n) is 2.19. The molecule has 2 amide bonds. The first-order valence-corrected chi connectivity index (χ1v) is 7.54. The molecular formula is C15H12FN3O3S. The zero-order chi connectivity index (χ0) is 16.6. The van der Waals surface area contributed by atoms with Crippen LogP contribution in [0.5, 0.6) is 0 Å². The number of benzene rings is 1. The third-order valence-electron chi connectivity index (χ3n) is 3.23. The Hall–Kier alpha value is -2.74. The molecule has 0 aliphatic carbocycles. The van der Waals surface area contributed by atoms with Gasteiger partial charge in [0, 0.05) is 16.3 Å². The van der Waals surface area contributed by atoms with Crippen molar-refractivity contribution < 1.29 is 18.4 Å². The van der Waals surface area contributed by atoms with Crippen molar-refractivity contribution in [3.05, 3.63) is 46.4 Å². The molecule has 2 aromatic heterocycles. The minimum Gasteiger partial charge on any atom is -0.451 e. The van der Waals surface area contributed by atoms with E-state index >= 15 is 0 Å². The van der Waals surface area contributed by atoms with E-state index < -0.39 is 17.6 Å². The van der Waals surface area contributed by atoms with Gasteiger partial charge in [-0.1, -0.05) is 0 Å². The van der Waals surface area contributed by atoms with Crippen molar-refractivity contribution in [3.63, 3.8) is 0 Å². The monoisotopic (exact) mass is 333 g/mol. The van der Waals surface area contributed by atoms with E-state index in [1.165, 1.54) is 29.5 Å². The van der Waals surface area contributed by atoms with Gasteiger partial charge in [-0.2, -0.15) is 0 Å². The van der Waals surface area contributed by atoms with Crippen LogP contribution in [0, 0.1) is 12.7 Å². The molecular weight excluding hydrogens is 321 g/mol. The van der Waals surface area contributed by atoms with Crippen LogP contribution in [0.4, 0.5) is 9.52 Å². The van der Waals surface area contributed by atoms with Gasteiger partial charge < -0.3 is 10.2 Å². The fraction of sp³-hybridized carbons (Fsp3) is 0.133. The van der Waals surface area contributed by atoms with Gasteiger partial charge in [-0.3, -0.25) is 14.9 Å². The number of primary amides is 1. The number of rotatable bonds is 4. The van der Waals surface area contributed by atoms with E-state index in [-0.39, 0.29) is 12.2 Å². The van der Waals surface area contributed by atoms with Crippen LogP contribution in [0.15, 0.2) is 28.0 Å². The van der Waals surface area contributed by atoms with Crippen LogP contribution in [-0.4, -0.2) is 16.8 Å². The van der Waals surface area contributed by atoms with Gasteiger partial charge in [0.1, 0.15) is 11.4 Å². The maximum atomic E-state index is 13.3. The molecule has 118 valence electrons. The summed E-state index contributed by atoms with van der Waals surface area (Å²) < 4.78 is 18.8. The normalized spacial score (nSPS) is 10.9. The smallest absolute Gasteiger partial charge is 0.293 e. The molecule has 0 saturated heterocycles. The van der Waals surface area contributed by atoms with Gasteiger partial charge in [-0.05, 0) is 25.1 Å². The second kappa shape index (κ2) is 5.81. The lowest BCUT2D eigenvalue weighted by Crippen LogP contribution is -2.14. The molecule has 0 saturated carbocycles. The van der Waals surface area contributed by atoms with Crippen molar-refractivity contribution in [1.29, 1.82) is 0 Å². The van der Waals surface area contributed by atoms with E-state index in [4.69, 9.17) is 10.2 Å². The first kappa shape index (κ1) is 15.2. The molecule has 3 aromatic rings. The van der Waals surface area contributed by atoms with E-state index in [9.17, 15) is 14.0 Å². The summed E-state index contributed by atoms with van der Waals surface area (Å²) in [4.78, 5) is 27.2. The highest BCUT2D eigenvalue weighted by Crippen LogP contribution is 2.27. The van der Waals surface area contributed by atoms with Gasteiger partial charge in [0.25, 0.3) is 5.91 Å². The summed E-state index contributed by atoms with van der Waals surface area (Å²) in [6.45, 7) is 1.68. The predicted molar refractivity (Wildman–Crippen MR) is 83.9 cm³/mol. The van der Waals surface area contributed by atoms with Crippen LogP contribution < -0.4 is 11.1 Å². The number of hydrogen-bond donors (Lipinski definition) is 2. The number of aryl methyl sites for hydroxylation is 1. The summed E-state index contributed by atoms with van der Waals surface area (Å²) in [5.74, 6) is -1.29. The van der Waals surface area contributed by atoms with E-state index in [0.717, 1.165) is 0 Å². The van der Waals surface area contributed by atoms with Crippen molar-refractivity contribution in [2.24, 2.45) is 5.73 Å². The Morgan fingerprint density at radius 2 is 2.22 bits per heavy atom. The van der Waals surface area contributed by atoms with Gasteiger partial charge in [0.15, 0.2) is 10.9 Å². The van der Waals surface area contributed by atoms with Crippen molar-refractivity contribution in [1.82, 2.24) is 4.98 Å². The van der Waals surface area contributed by atoms with Gasteiger partial charge in [0.05, 0.1) is 12.1 Å². The summed E-state index contributed by atoms with van der Waals surface area (Å²) in [5, 5.41) is 5.11. The molecule has 1 aromatic carbocycles. The van der Waals surface area contributed by atoms with Gasteiger partial charge in [-0.15, -0.1) is 11.3 Å². The van der Waals surface area contributed by atoms with Crippen molar-refractivity contribution in [2.75, 3.05) is 5.32 Å². The summed E-state index contributed by atoms with van der Waals surface area (Å²) in [6, 6.07) is 4.06. The number of hydrogen-bond acceptors (Lipinski definition) is 5. The average molecular weight is 333 g/mol. The van der Waals surface area contributed by atoms with Crippen LogP contribution in [0.2, 0.25) is 0 Å². The zero-order valence-corrected chi connectivity index (χ0v) is 12.9. The lowest BCUT2D eigenvalue weighted by atomic mass is 10.1. The standard InChI is InChI=1S/C15H12FN3O3S/c1-7-10-4-8(16)2-3-11(10)22-13(7)14(21)19-15-18-9(6-23-15)5-12(17)20/h2-4,6H,5H2,1H3,(H2,17,20)(H,18,19,21). The number of carbonyl (C=O) groups excluding carboxylic acids is 2. The Bertz CT molecular complexity index is 916. The van der Waals surface area contributed by atoms with Crippen LogP contribution in [-0.2, 0) is 11.2 Å². The summed E-state index contributed by atoms with van der Waals surface area (Å²) >= 11 is 1.18. The summed E-state index contributed by atoms with van der Waals surface area (Å²) in [7, 11) is 0. The Kier molecular flexibility index (Phi) is 3.83. The number of fused-ring (bicyclic) bond motifs is 1. The highest BCUT2D eigenvalue weighted by atomic mass is 32.1. The minimum atomic E-state index is -0.497. The SMILES string of the molecule is Cc1c(C(=O)Nc2nc(CC(N)=O)cs2)oc2ccc(F)cc12. The van der Waals surface area contributed by atoms with Gasteiger partial charge in [-0.25, -0.2) is 9.37 Å². The van der Waals surface area contributed by atoms with Crippen LogP contribution in [0.1, 0.15) is 21.8 Å². The third kappa shape index (κ3) is 3.07. The number of anilines is 1. The molecule has 6 nitrogen and oxygen atoms in total. The molecule has 0 unspecified atom stereocenters. The highest BCUT2D eigenvalue weighted by Gasteiger charge is 2.19. The molecule has 0 fully saturated rings. The number of aromatic nitrogens is 1. The Morgan fingerprint density at radius 3 is 2.96 bits per heavy atom. The van der Waals surface area contributed by atoms with E-state index in [1.54, 1.807) is 12.3 Å². The molecule has 0 aliphatic rings. The van der Waals surface area contributed by atoms with Crippen LogP contribution >= 0.6 is 11.3 Å². The average Bonchev–Trinajstić information content (AvgIpc) is 3.03. The number of amides is 2. The lowest BCUT2D eigenvalue weighted by molar-refractivity contribution is -0.117. The van der Waals surface area contributed by atoms with Crippen molar-refractivity contribution in [2.45, 2.75) is 13.3 Å². The maximum Gasteiger partial charge on any atom is 0.293 e. The fourth-order valence-corrected chi connectivity index (χ4v) is 2.89. The highest BCUT2D eigenvalue weighted by molar-refractivity contribution is 7.14. The Balaban J connectivity index is 1.84. The Morgan fingerprint density at radius 1 is 1.43 bits per heavy atom. The number of nitrogens with one attached hydrogen (secondary N) is 1. The number of halogens is 1. The topological polar surface area (TPSA) is 98.2 Å². The second-order valence-electron chi connectivity index (χ2n) is 4.94. The van der Waals surface area contributed by atoms with Crippen molar-refractivity contribution >= 4 is 39.3 Å². The summed E-state index contributed by atoms with van der Waals surface area (Å²) in [5.41, 5.74) is 6.56. The van der Waals surface area contributed by atoms with E-state index in [2.05, 4.69) is 10.3 Å². The number of carbonyl (C=O) groups is 2. The molecule has 8 heteroatoms. The number of thiazole rings is 1. The molecule has 0 aliphatic heterocycles. The first-order chi connectivity index (χ1) is 10.9. The number of furan rings is 1. The van der Waals surface area contributed by atoms with Crippen LogP contribution in [0.3, 0.4) is 0 Å². The molecule has 0 radical (unpaired) electrons. The molecule has 0 atom stereocenters. The quantitative estimate of drug-likeness (QED) is 0.767. The van der Waals surface area contributed by atoms with E-state index in [0.29, 0.717) is 27.4 Å². The summed E-state index contributed by atoms with van der Waals surface area (Å²) in [6.07, 6.45) is 0.00924. The predicted octanol–water partition coefficient (Wildman–Crippen LogP) is 2.62. The second-order valence-corrected chi connectivity index (χ2v) is 5.80. The molecule has 3 N–H and O–H groups in total. The number of nitrogens with two attached hydrogens (primary N) is 1. The largest absolute Gasteiger partial charge is 0.451 e. The molecule has 0 spiro atoms. The maximum absolute atomic E-state index is 13.3. The van der Waals surface area contributed by atoms with Gasteiger partial charge in [0.2, 0.25) is 5.91 Å². The van der Waals surface area contributed by atoms with Crippen LogP contribution in [0.25, 0.3) is 11.0 Å². The number of nitrogens with zero attached hydrogens (tertiary/aromatic N) is 1. The zero-order valence-electron chi connectivity index (χ0n) is 12.1. The van der Waals surface area contributed by atoms with Crippen molar-refractivity contribution in [3.8, 4) is 0 Å².